The molecule has 10 nitrogen and oxygen atoms in total. The molecule has 0 aliphatic carbocycles. The predicted octanol–water partition coefficient (Wildman–Crippen LogP) is 3.53. The SMILES string of the molecule is O=C(O)/C=C\C(=O)O.O=C(c1ccccc1)N1CCN(c2ccnc(N3CCC(c4ccccc4)CC3)n2)CC1. The highest BCUT2D eigenvalue weighted by atomic mass is 16.4. The molecule has 2 N–H and O–H groups in total. The smallest absolute Gasteiger partial charge is 0.328 e. The fourth-order valence-corrected chi connectivity index (χ4v) is 4.85. The minimum atomic E-state index is -1.26. The van der Waals surface area contributed by atoms with Crippen molar-refractivity contribution in [3.63, 3.8) is 0 Å². The lowest BCUT2D eigenvalue weighted by molar-refractivity contribution is -0.134. The maximum Gasteiger partial charge on any atom is 0.328 e. The highest BCUT2D eigenvalue weighted by molar-refractivity contribution is 5.94. The van der Waals surface area contributed by atoms with E-state index < -0.39 is 11.9 Å². The van der Waals surface area contributed by atoms with Crippen molar-refractivity contribution in [3.05, 3.63) is 96.2 Å². The number of anilines is 2. The number of benzene rings is 2. The van der Waals surface area contributed by atoms with Crippen molar-refractivity contribution >= 4 is 29.6 Å². The van der Waals surface area contributed by atoms with Crippen LogP contribution >= 0.6 is 0 Å². The Kier molecular flexibility index (Phi) is 9.82. The number of nitrogens with zero attached hydrogens (tertiary/aromatic N) is 5. The molecule has 208 valence electrons. The first-order chi connectivity index (χ1) is 19.4. The van der Waals surface area contributed by atoms with Crippen LogP contribution in [0.2, 0.25) is 0 Å². The van der Waals surface area contributed by atoms with E-state index in [0.717, 1.165) is 56.4 Å². The second kappa shape index (κ2) is 13.9. The van der Waals surface area contributed by atoms with Gasteiger partial charge in [-0.2, -0.15) is 4.98 Å². The summed E-state index contributed by atoms with van der Waals surface area (Å²) >= 11 is 0. The number of piperidine rings is 1. The summed E-state index contributed by atoms with van der Waals surface area (Å²) in [5.74, 6) is -0.0237. The lowest BCUT2D eigenvalue weighted by Crippen LogP contribution is -2.49. The van der Waals surface area contributed by atoms with Crippen LogP contribution in [0.5, 0.6) is 0 Å². The molecule has 0 bridgehead atoms. The summed E-state index contributed by atoms with van der Waals surface area (Å²) in [5.41, 5.74) is 2.19. The topological polar surface area (TPSA) is 127 Å². The van der Waals surface area contributed by atoms with Crippen LogP contribution in [0.3, 0.4) is 0 Å². The Bertz CT molecular complexity index is 1290. The fourth-order valence-electron chi connectivity index (χ4n) is 4.85. The zero-order chi connectivity index (χ0) is 28.3. The molecule has 2 aliphatic heterocycles. The summed E-state index contributed by atoms with van der Waals surface area (Å²) in [7, 11) is 0. The number of piperazine rings is 1. The Morgan fingerprint density at radius 3 is 1.88 bits per heavy atom. The maximum atomic E-state index is 12.7. The number of hydrogen-bond donors (Lipinski definition) is 2. The summed E-state index contributed by atoms with van der Waals surface area (Å²) in [4.78, 5) is 47.8. The van der Waals surface area contributed by atoms with Gasteiger partial charge in [0.05, 0.1) is 0 Å². The number of amides is 1. The molecule has 2 aromatic carbocycles. The summed E-state index contributed by atoms with van der Waals surface area (Å²) < 4.78 is 0. The third-order valence-electron chi connectivity index (χ3n) is 6.96. The average molecular weight is 544 g/mol. The Hall–Kier alpha value is -4.73. The van der Waals surface area contributed by atoms with Gasteiger partial charge in [-0.05, 0) is 42.5 Å². The van der Waals surface area contributed by atoms with E-state index >= 15 is 0 Å². The molecule has 0 atom stereocenters. The van der Waals surface area contributed by atoms with Crippen molar-refractivity contribution in [1.82, 2.24) is 14.9 Å². The van der Waals surface area contributed by atoms with E-state index in [1.807, 2.05) is 47.5 Å². The highest BCUT2D eigenvalue weighted by Gasteiger charge is 2.25. The lowest BCUT2D eigenvalue weighted by atomic mass is 9.90. The van der Waals surface area contributed by atoms with Crippen molar-refractivity contribution in [1.29, 1.82) is 0 Å². The molecule has 3 aromatic rings. The van der Waals surface area contributed by atoms with Crippen LogP contribution in [0.4, 0.5) is 11.8 Å². The van der Waals surface area contributed by atoms with Crippen LogP contribution in [0.15, 0.2) is 85.1 Å². The number of carbonyl (C=O) groups excluding carboxylic acids is 1. The van der Waals surface area contributed by atoms with Gasteiger partial charge in [0.25, 0.3) is 5.91 Å². The standard InChI is InChI=1S/C26H29N5O.C4H4O4/c32-25(23-9-5-2-6-10-23)30-19-17-29(18-20-30)24-11-14-27-26(28-24)31-15-12-22(13-16-31)21-7-3-1-4-8-21;5-3(6)1-2-4(7)8/h1-11,14,22H,12-13,15-20H2;1-2H,(H,5,6)(H,7,8)/b;2-1-. The van der Waals surface area contributed by atoms with Gasteiger partial charge in [-0.3, -0.25) is 4.79 Å². The maximum absolute atomic E-state index is 12.7. The molecule has 0 radical (unpaired) electrons. The second-order valence-corrected chi connectivity index (χ2v) is 9.54. The van der Waals surface area contributed by atoms with Crippen molar-refractivity contribution < 1.29 is 24.6 Å². The third-order valence-corrected chi connectivity index (χ3v) is 6.96. The summed E-state index contributed by atoms with van der Waals surface area (Å²) in [6.45, 7) is 4.92. The van der Waals surface area contributed by atoms with Crippen LogP contribution in [0, 0.1) is 0 Å². The Morgan fingerprint density at radius 1 is 0.725 bits per heavy atom. The van der Waals surface area contributed by atoms with Gasteiger partial charge in [-0.1, -0.05) is 48.5 Å². The van der Waals surface area contributed by atoms with Gasteiger partial charge < -0.3 is 24.9 Å². The van der Waals surface area contributed by atoms with E-state index in [2.05, 4.69) is 45.1 Å². The normalized spacial score (nSPS) is 15.8. The van der Waals surface area contributed by atoms with Gasteiger partial charge in [0, 0.05) is 63.2 Å². The molecule has 5 rings (SSSR count). The minimum absolute atomic E-state index is 0.106. The lowest BCUT2D eigenvalue weighted by Gasteiger charge is -2.36. The Labute approximate surface area is 233 Å². The van der Waals surface area contributed by atoms with Crippen molar-refractivity contribution in [2.24, 2.45) is 0 Å². The molecule has 1 amide bonds. The first-order valence-electron chi connectivity index (χ1n) is 13.3. The molecule has 0 saturated carbocycles. The summed E-state index contributed by atoms with van der Waals surface area (Å²) in [6.07, 6.45) is 5.23. The van der Waals surface area contributed by atoms with E-state index in [4.69, 9.17) is 15.2 Å². The van der Waals surface area contributed by atoms with E-state index in [0.29, 0.717) is 31.2 Å². The Morgan fingerprint density at radius 2 is 1.30 bits per heavy atom. The number of aliphatic carboxylic acids is 2. The molecular formula is C30H33N5O5. The van der Waals surface area contributed by atoms with Gasteiger partial charge in [-0.15, -0.1) is 0 Å². The highest BCUT2D eigenvalue weighted by Crippen LogP contribution is 2.29. The minimum Gasteiger partial charge on any atom is -0.478 e. The second-order valence-electron chi connectivity index (χ2n) is 9.54. The number of carboxylic acids is 2. The molecular weight excluding hydrogens is 510 g/mol. The number of carbonyl (C=O) groups is 3. The van der Waals surface area contributed by atoms with E-state index in [-0.39, 0.29) is 5.91 Å². The van der Waals surface area contributed by atoms with Crippen LogP contribution in [0.25, 0.3) is 0 Å². The molecule has 2 fully saturated rings. The summed E-state index contributed by atoms with van der Waals surface area (Å²) in [5, 5.41) is 15.6. The number of rotatable bonds is 6. The van der Waals surface area contributed by atoms with Crippen LogP contribution in [0.1, 0.15) is 34.7 Å². The van der Waals surface area contributed by atoms with Crippen LogP contribution < -0.4 is 9.80 Å². The van der Waals surface area contributed by atoms with Gasteiger partial charge >= 0.3 is 11.9 Å². The summed E-state index contributed by atoms with van der Waals surface area (Å²) in [6, 6.07) is 22.3. The zero-order valence-electron chi connectivity index (χ0n) is 22.2. The van der Waals surface area contributed by atoms with Gasteiger partial charge in [0.1, 0.15) is 5.82 Å². The first-order valence-corrected chi connectivity index (χ1v) is 13.3. The number of carboxylic acid groups (broad SMARTS) is 2. The van der Waals surface area contributed by atoms with Crippen LogP contribution in [-0.2, 0) is 9.59 Å². The van der Waals surface area contributed by atoms with E-state index in [9.17, 15) is 14.4 Å². The first kappa shape index (κ1) is 28.3. The predicted molar refractivity (Wildman–Crippen MR) is 152 cm³/mol. The molecule has 0 unspecified atom stereocenters. The van der Waals surface area contributed by atoms with Crippen molar-refractivity contribution in [3.8, 4) is 0 Å². The zero-order valence-corrected chi connectivity index (χ0v) is 22.2. The molecule has 10 heteroatoms. The van der Waals surface area contributed by atoms with Crippen molar-refractivity contribution in [2.75, 3.05) is 49.1 Å². The average Bonchev–Trinajstić information content (AvgIpc) is 3.01. The number of hydrogen-bond acceptors (Lipinski definition) is 7. The third kappa shape index (κ3) is 7.89. The molecule has 0 spiro atoms. The quantitative estimate of drug-likeness (QED) is 0.449. The fraction of sp³-hybridized carbons (Fsp3) is 0.300. The van der Waals surface area contributed by atoms with Gasteiger partial charge in [-0.25, -0.2) is 14.6 Å². The number of aromatic nitrogens is 2. The Balaban J connectivity index is 0.000000406. The van der Waals surface area contributed by atoms with Crippen molar-refractivity contribution in [2.45, 2.75) is 18.8 Å². The molecule has 2 aliphatic rings. The van der Waals surface area contributed by atoms with E-state index in [1.165, 1.54) is 5.56 Å². The largest absolute Gasteiger partial charge is 0.478 e. The van der Waals surface area contributed by atoms with Crippen LogP contribution in [-0.4, -0.2) is 82.2 Å². The molecule has 40 heavy (non-hydrogen) atoms. The molecule has 1 aromatic heterocycles. The molecule has 2 saturated heterocycles. The van der Waals surface area contributed by atoms with Gasteiger partial charge in [0.2, 0.25) is 5.95 Å². The molecule has 3 heterocycles. The van der Waals surface area contributed by atoms with E-state index in [1.54, 1.807) is 0 Å². The monoisotopic (exact) mass is 543 g/mol. The van der Waals surface area contributed by atoms with Gasteiger partial charge in [0.15, 0.2) is 0 Å².